The zero-order valence-electron chi connectivity index (χ0n) is 26.2. The lowest BCUT2D eigenvalue weighted by Crippen LogP contribution is -2.46. The second-order valence-corrected chi connectivity index (χ2v) is 13.1. The van der Waals surface area contributed by atoms with Crippen molar-refractivity contribution in [3.8, 4) is 11.5 Å². The summed E-state index contributed by atoms with van der Waals surface area (Å²) in [4.78, 5) is 40.3. The molecule has 1 aliphatic heterocycles. The minimum absolute atomic E-state index is 0.0470. The molecular formula is C33H49NO8. The summed E-state index contributed by atoms with van der Waals surface area (Å²) in [5.41, 5.74) is 1.41. The minimum atomic E-state index is -0.911. The molecule has 2 atom stereocenters. The summed E-state index contributed by atoms with van der Waals surface area (Å²) in [7, 11) is 0. The zero-order chi connectivity index (χ0) is 31.1. The van der Waals surface area contributed by atoms with E-state index in [9.17, 15) is 24.8 Å². The van der Waals surface area contributed by atoms with E-state index in [0.717, 1.165) is 62.5 Å². The first-order valence-corrected chi connectivity index (χ1v) is 15.6. The molecule has 0 bridgehead atoms. The SMILES string of the molecule is CCCC(CCC)C(=O)Oc1cc(C(C)(C)CCCCCCO[N+](=O)[O-])cc2c1[C@@H]1CC(C(=O)O)=CC[C@H]1C(C)(C)O2. The number of hydrogen-bond donors (Lipinski definition) is 1. The third-order valence-electron chi connectivity index (χ3n) is 9.05. The summed E-state index contributed by atoms with van der Waals surface area (Å²) in [5.74, 6) is -0.273. The molecule has 3 rings (SSSR count). The molecule has 1 heterocycles. The van der Waals surface area contributed by atoms with Crippen LogP contribution < -0.4 is 9.47 Å². The molecule has 0 aromatic heterocycles. The standard InChI is InChI=1S/C33H49NO8/c1-7-13-22(14-8-2)31(37)41-27-20-24(32(3,4)17-11-9-10-12-18-40-34(38)39)21-28-29(27)25-19-23(30(35)36)15-16-26(25)33(5,6)42-28/h15,20-22,25-26H,7-14,16-19H2,1-6H3,(H,35,36)/t25-,26-/m1/s1. The van der Waals surface area contributed by atoms with Crippen LogP contribution in [0.4, 0.5) is 0 Å². The van der Waals surface area contributed by atoms with Crippen molar-refractivity contribution in [2.75, 3.05) is 6.61 Å². The van der Waals surface area contributed by atoms with Gasteiger partial charge in [-0.25, -0.2) is 4.79 Å². The van der Waals surface area contributed by atoms with Gasteiger partial charge < -0.3 is 19.4 Å². The highest BCUT2D eigenvalue weighted by Gasteiger charge is 2.47. The van der Waals surface area contributed by atoms with Gasteiger partial charge >= 0.3 is 11.9 Å². The van der Waals surface area contributed by atoms with Crippen molar-refractivity contribution in [1.29, 1.82) is 0 Å². The first-order valence-electron chi connectivity index (χ1n) is 15.6. The molecule has 234 valence electrons. The molecule has 0 saturated heterocycles. The van der Waals surface area contributed by atoms with Crippen LogP contribution in [0.5, 0.6) is 11.5 Å². The Morgan fingerprint density at radius 3 is 2.43 bits per heavy atom. The molecule has 0 fully saturated rings. The van der Waals surface area contributed by atoms with Gasteiger partial charge in [-0.2, -0.15) is 0 Å². The number of rotatable bonds is 16. The van der Waals surface area contributed by atoms with Crippen molar-refractivity contribution in [1.82, 2.24) is 0 Å². The normalized spacial score (nSPS) is 19.3. The Morgan fingerprint density at radius 1 is 1.14 bits per heavy atom. The monoisotopic (exact) mass is 587 g/mol. The molecule has 0 spiro atoms. The molecule has 0 amide bonds. The topological polar surface area (TPSA) is 125 Å². The van der Waals surface area contributed by atoms with E-state index < -0.39 is 16.7 Å². The molecule has 1 aliphatic carbocycles. The quantitative estimate of drug-likeness (QED) is 0.0680. The number of unbranched alkanes of at least 4 members (excludes halogenated alkanes) is 3. The van der Waals surface area contributed by atoms with Crippen LogP contribution in [0.2, 0.25) is 0 Å². The Bertz CT molecular complexity index is 1150. The van der Waals surface area contributed by atoms with Crippen LogP contribution >= 0.6 is 0 Å². The second-order valence-electron chi connectivity index (χ2n) is 13.1. The predicted molar refractivity (Wildman–Crippen MR) is 160 cm³/mol. The van der Waals surface area contributed by atoms with Crippen molar-refractivity contribution in [2.45, 2.75) is 129 Å². The average molecular weight is 588 g/mol. The van der Waals surface area contributed by atoms with E-state index in [0.29, 0.717) is 36.3 Å². The highest BCUT2D eigenvalue weighted by Crippen LogP contribution is 2.55. The zero-order valence-corrected chi connectivity index (χ0v) is 26.2. The van der Waals surface area contributed by atoms with Gasteiger partial charge in [0.2, 0.25) is 0 Å². The van der Waals surface area contributed by atoms with Crippen molar-refractivity contribution < 1.29 is 34.1 Å². The number of nitrogens with zero attached hydrogens (tertiary/aromatic N) is 1. The number of carboxylic acids is 1. The van der Waals surface area contributed by atoms with Gasteiger partial charge in [0.1, 0.15) is 17.1 Å². The van der Waals surface area contributed by atoms with Gasteiger partial charge in [0.25, 0.3) is 5.09 Å². The first kappa shape index (κ1) is 33.4. The van der Waals surface area contributed by atoms with Gasteiger partial charge in [0.05, 0.1) is 12.5 Å². The van der Waals surface area contributed by atoms with Gasteiger partial charge in [-0.3, -0.25) is 4.79 Å². The number of fused-ring (bicyclic) bond motifs is 3. The van der Waals surface area contributed by atoms with E-state index in [2.05, 4.69) is 52.4 Å². The summed E-state index contributed by atoms with van der Waals surface area (Å²) in [6.45, 7) is 12.7. The number of hydrogen-bond acceptors (Lipinski definition) is 7. The Morgan fingerprint density at radius 2 is 1.81 bits per heavy atom. The van der Waals surface area contributed by atoms with Crippen molar-refractivity contribution in [3.05, 3.63) is 45.0 Å². The number of aliphatic carboxylic acids is 1. The van der Waals surface area contributed by atoms with Gasteiger partial charge in [-0.05, 0) is 75.5 Å². The fourth-order valence-corrected chi connectivity index (χ4v) is 6.60. The predicted octanol–water partition coefficient (Wildman–Crippen LogP) is 7.92. The van der Waals surface area contributed by atoms with Crippen LogP contribution in [0.3, 0.4) is 0 Å². The summed E-state index contributed by atoms with van der Waals surface area (Å²) < 4.78 is 12.9. The smallest absolute Gasteiger partial charge is 0.331 e. The highest BCUT2D eigenvalue weighted by molar-refractivity contribution is 5.87. The molecule has 9 nitrogen and oxygen atoms in total. The Labute approximate surface area is 250 Å². The molecule has 0 radical (unpaired) electrons. The largest absolute Gasteiger partial charge is 0.487 e. The van der Waals surface area contributed by atoms with E-state index in [1.807, 2.05) is 12.1 Å². The van der Waals surface area contributed by atoms with E-state index in [4.69, 9.17) is 9.47 Å². The Balaban J connectivity index is 1.96. The maximum absolute atomic E-state index is 13.5. The van der Waals surface area contributed by atoms with Gasteiger partial charge in [-0.1, -0.05) is 65.9 Å². The van der Waals surface area contributed by atoms with Gasteiger partial charge in [-0.15, -0.1) is 10.1 Å². The maximum atomic E-state index is 13.5. The van der Waals surface area contributed by atoms with Crippen LogP contribution in [-0.2, 0) is 19.8 Å². The summed E-state index contributed by atoms with van der Waals surface area (Å²) in [6.07, 6.45) is 10.2. The molecule has 1 aromatic rings. The van der Waals surface area contributed by atoms with Crippen LogP contribution in [0.15, 0.2) is 23.8 Å². The number of benzene rings is 1. The molecular weight excluding hydrogens is 538 g/mol. The van der Waals surface area contributed by atoms with E-state index >= 15 is 0 Å². The van der Waals surface area contributed by atoms with Crippen molar-refractivity contribution in [3.63, 3.8) is 0 Å². The van der Waals surface area contributed by atoms with E-state index in [-0.39, 0.29) is 35.7 Å². The number of carbonyl (C=O) groups excluding carboxylic acids is 1. The average Bonchev–Trinajstić information content (AvgIpc) is 2.91. The first-order chi connectivity index (χ1) is 19.8. The highest BCUT2D eigenvalue weighted by atomic mass is 16.9. The number of esters is 1. The third-order valence-corrected chi connectivity index (χ3v) is 9.05. The van der Waals surface area contributed by atoms with Crippen molar-refractivity contribution >= 4 is 11.9 Å². The number of carbonyl (C=O) groups is 2. The maximum Gasteiger partial charge on any atom is 0.331 e. The molecule has 1 aromatic carbocycles. The van der Waals surface area contributed by atoms with Gasteiger partial charge in [0.15, 0.2) is 0 Å². The lowest BCUT2D eigenvalue weighted by atomic mass is 9.66. The van der Waals surface area contributed by atoms with Crippen LogP contribution in [0.25, 0.3) is 0 Å². The Hall–Kier alpha value is -3.10. The van der Waals surface area contributed by atoms with Crippen LogP contribution in [0.1, 0.15) is 129 Å². The molecule has 9 heteroatoms. The fourth-order valence-electron chi connectivity index (χ4n) is 6.60. The summed E-state index contributed by atoms with van der Waals surface area (Å²) in [5, 5.41) is 19.4. The fraction of sp³-hybridized carbons (Fsp3) is 0.697. The number of ether oxygens (including phenoxy) is 2. The van der Waals surface area contributed by atoms with Crippen molar-refractivity contribution in [2.24, 2.45) is 11.8 Å². The Kier molecular flexibility index (Phi) is 11.4. The summed E-state index contributed by atoms with van der Waals surface area (Å²) >= 11 is 0. The molecule has 2 aliphatic rings. The molecule has 42 heavy (non-hydrogen) atoms. The van der Waals surface area contributed by atoms with Gasteiger partial charge in [0, 0.05) is 23.0 Å². The summed E-state index contributed by atoms with van der Waals surface area (Å²) in [6, 6.07) is 4.04. The van der Waals surface area contributed by atoms with E-state index in [1.165, 1.54) is 0 Å². The molecule has 0 unspecified atom stereocenters. The number of allylic oxidation sites excluding steroid dienone is 1. The van der Waals surface area contributed by atoms with E-state index in [1.54, 1.807) is 0 Å². The molecule has 0 saturated carbocycles. The second kappa shape index (κ2) is 14.4. The molecule has 1 N–H and O–H groups in total. The third kappa shape index (κ3) is 8.26. The van der Waals surface area contributed by atoms with Crippen LogP contribution in [-0.4, -0.2) is 34.3 Å². The number of carboxylic acid groups (broad SMARTS) is 1. The lowest BCUT2D eigenvalue weighted by molar-refractivity contribution is -0.757. The lowest BCUT2D eigenvalue weighted by Gasteiger charge is -2.47. The van der Waals surface area contributed by atoms with Crippen LogP contribution in [0, 0.1) is 22.0 Å². The minimum Gasteiger partial charge on any atom is -0.487 e.